The first kappa shape index (κ1) is 17.4. The molecular formula is C17H22N4O4. The minimum Gasteiger partial charge on any atom is -0.384 e. The molecule has 1 aromatic carbocycles. The van der Waals surface area contributed by atoms with Gasteiger partial charge in [0, 0.05) is 12.2 Å². The second-order valence-corrected chi connectivity index (χ2v) is 6.25. The molecule has 0 aliphatic carbocycles. The van der Waals surface area contributed by atoms with Crippen molar-refractivity contribution >= 4 is 23.4 Å². The van der Waals surface area contributed by atoms with Crippen LogP contribution in [0, 0.1) is 0 Å². The lowest BCUT2D eigenvalue weighted by Gasteiger charge is -2.31. The molecule has 0 radical (unpaired) electrons. The van der Waals surface area contributed by atoms with Crippen molar-refractivity contribution in [1.29, 1.82) is 0 Å². The highest BCUT2D eigenvalue weighted by Gasteiger charge is 2.45. The van der Waals surface area contributed by atoms with Gasteiger partial charge in [-0.2, -0.15) is 0 Å². The Morgan fingerprint density at radius 3 is 2.72 bits per heavy atom. The summed E-state index contributed by atoms with van der Waals surface area (Å²) >= 11 is 0. The standard InChI is InChI=1S/C17H22N4O4/c18-8-1-2-9-19-11-5-3-4-10-14(11)17(25)21(16(10)24)12-6-7-13(22)20-15(12)23/h3-5,12-13,19,22H,1-2,6-9,18H2,(H,20,23). The number of fused-ring (bicyclic) bond motifs is 1. The number of anilines is 1. The molecule has 134 valence electrons. The van der Waals surface area contributed by atoms with Crippen LogP contribution in [0.5, 0.6) is 0 Å². The Morgan fingerprint density at radius 1 is 1.20 bits per heavy atom. The number of hydrogen-bond acceptors (Lipinski definition) is 6. The molecule has 1 aromatic rings. The minimum atomic E-state index is -0.932. The summed E-state index contributed by atoms with van der Waals surface area (Å²) in [4.78, 5) is 38.7. The number of unbranched alkanes of at least 4 members (excludes halogenated alkanes) is 1. The van der Waals surface area contributed by atoms with Gasteiger partial charge < -0.3 is 21.5 Å². The summed E-state index contributed by atoms with van der Waals surface area (Å²) in [5.41, 5.74) is 6.67. The quantitative estimate of drug-likeness (QED) is 0.425. The molecule has 0 bridgehead atoms. The Labute approximate surface area is 145 Å². The minimum absolute atomic E-state index is 0.248. The van der Waals surface area contributed by atoms with Crippen molar-refractivity contribution in [3.8, 4) is 0 Å². The number of carbonyl (C=O) groups is 3. The van der Waals surface area contributed by atoms with Crippen LogP contribution in [-0.4, -0.2) is 53.1 Å². The van der Waals surface area contributed by atoms with Crippen LogP contribution in [0.25, 0.3) is 0 Å². The number of piperidine rings is 1. The molecule has 0 spiro atoms. The molecule has 2 unspecified atom stereocenters. The Kier molecular flexibility index (Phi) is 5.00. The maximum absolute atomic E-state index is 12.8. The summed E-state index contributed by atoms with van der Waals surface area (Å²) in [6, 6.07) is 4.17. The average Bonchev–Trinajstić information content (AvgIpc) is 2.84. The number of nitrogens with one attached hydrogen (secondary N) is 2. The van der Waals surface area contributed by atoms with Gasteiger partial charge in [0.1, 0.15) is 12.3 Å². The molecule has 3 amide bonds. The van der Waals surface area contributed by atoms with Crippen LogP contribution in [0.2, 0.25) is 0 Å². The Balaban J connectivity index is 1.83. The fraction of sp³-hybridized carbons (Fsp3) is 0.471. The van der Waals surface area contributed by atoms with E-state index in [2.05, 4.69) is 10.6 Å². The van der Waals surface area contributed by atoms with E-state index in [4.69, 9.17) is 5.73 Å². The highest BCUT2D eigenvalue weighted by molar-refractivity contribution is 6.25. The number of hydrogen-bond donors (Lipinski definition) is 4. The molecule has 1 fully saturated rings. The van der Waals surface area contributed by atoms with E-state index in [1.807, 2.05) is 0 Å². The van der Waals surface area contributed by atoms with Gasteiger partial charge in [0.15, 0.2) is 0 Å². The Morgan fingerprint density at radius 2 is 2.00 bits per heavy atom. The first-order valence-electron chi connectivity index (χ1n) is 8.48. The van der Waals surface area contributed by atoms with Crippen LogP contribution in [0.15, 0.2) is 18.2 Å². The molecule has 5 N–H and O–H groups in total. The lowest BCUT2D eigenvalue weighted by Crippen LogP contribution is -2.55. The van der Waals surface area contributed by atoms with Gasteiger partial charge in [-0.1, -0.05) is 6.07 Å². The number of aliphatic hydroxyl groups is 1. The van der Waals surface area contributed by atoms with E-state index in [1.165, 1.54) is 0 Å². The first-order valence-corrected chi connectivity index (χ1v) is 8.48. The highest BCUT2D eigenvalue weighted by Crippen LogP contribution is 2.32. The van der Waals surface area contributed by atoms with Crippen LogP contribution in [0.1, 0.15) is 46.4 Å². The third-order valence-corrected chi connectivity index (χ3v) is 4.53. The van der Waals surface area contributed by atoms with Crippen molar-refractivity contribution in [3.63, 3.8) is 0 Å². The number of carbonyl (C=O) groups excluding carboxylic acids is 3. The van der Waals surface area contributed by atoms with Crippen molar-refractivity contribution < 1.29 is 19.5 Å². The largest absolute Gasteiger partial charge is 0.384 e. The molecule has 2 heterocycles. The first-order chi connectivity index (χ1) is 12.0. The van der Waals surface area contributed by atoms with Gasteiger partial charge in [0.2, 0.25) is 5.91 Å². The van der Waals surface area contributed by atoms with E-state index in [1.54, 1.807) is 18.2 Å². The van der Waals surface area contributed by atoms with Crippen molar-refractivity contribution in [2.75, 3.05) is 18.4 Å². The number of imide groups is 1. The van der Waals surface area contributed by atoms with E-state index < -0.39 is 30.0 Å². The highest BCUT2D eigenvalue weighted by atomic mass is 16.3. The van der Waals surface area contributed by atoms with Gasteiger partial charge in [0.05, 0.1) is 11.1 Å². The number of nitrogens with zero attached hydrogens (tertiary/aromatic N) is 1. The molecule has 3 rings (SSSR count). The van der Waals surface area contributed by atoms with Crippen LogP contribution >= 0.6 is 0 Å². The summed E-state index contributed by atoms with van der Waals surface area (Å²) in [7, 11) is 0. The van der Waals surface area contributed by atoms with Gasteiger partial charge in [0.25, 0.3) is 11.8 Å². The second-order valence-electron chi connectivity index (χ2n) is 6.25. The SMILES string of the molecule is NCCCCNc1cccc2c1C(=O)N(C1CCC(O)NC1=O)C2=O. The fourth-order valence-corrected chi connectivity index (χ4v) is 3.25. The number of amides is 3. The molecule has 2 aliphatic rings. The lowest BCUT2D eigenvalue weighted by molar-refractivity contribution is -0.131. The summed E-state index contributed by atoms with van der Waals surface area (Å²) in [6.45, 7) is 1.24. The average molecular weight is 346 g/mol. The van der Waals surface area contributed by atoms with E-state index in [9.17, 15) is 19.5 Å². The number of nitrogens with two attached hydrogens (primary N) is 1. The molecule has 1 saturated heterocycles. The summed E-state index contributed by atoms with van der Waals surface area (Å²) in [5, 5.41) is 15.0. The van der Waals surface area contributed by atoms with E-state index in [0.717, 1.165) is 17.7 Å². The number of benzene rings is 1. The Bertz CT molecular complexity index is 706. The van der Waals surface area contributed by atoms with Crippen molar-refractivity contribution in [2.24, 2.45) is 5.73 Å². The number of rotatable bonds is 6. The zero-order valence-corrected chi connectivity index (χ0v) is 13.8. The summed E-state index contributed by atoms with van der Waals surface area (Å²) in [6.07, 6.45) is 1.34. The molecular weight excluding hydrogens is 324 g/mol. The fourth-order valence-electron chi connectivity index (χ4n) is 3.25. The maximum atomic E-state index is 12.8. The normalized spacial score (nSPS) is 22.8. The lowest BCUT2D eigenvalue weighted by atomic mass is 10.0. The van der Waals surface area contributed by atoms with E-state index >= 15 is 0 Å². The third kappa shape index (κ3) is 3.22. The van der Waals surface area contributed by atoms with Crippen LogP contribution in [0.3, 0.4) is 0 Å². The molecule has 0 saturated carbocycles. The number of aliphatic hydroxyl groups excluding tert-OH is 1. The third-order valence-electron chi connectivity index (χ3n) is 4.53. The van der Waals surface area contributed by atoms with Gasteiger partial charge in [-0.25, -0.2) is 0 Å². The predicted molar refractivity (Wildman–Crippen MR) is 90.9 cm³/mol. The van der Waals surface area contributed by atoms with Crippen molar-refractivity contribution in [2.45, 2.75) is 38.0 Å². The van der Waals surface area contributed by atoms with Gasteiger partial charge >= 0.3 is 0 Å². The Hall–Kier alpha value is -2.45. The van der Waals surface area contributed by atoms with Gasteiger partial charge in [-0.05, 0) is 44.4 Å². The van der Waals surface area contributed by atoms with E-state index in [0.29, 0.717) is 36.3 Å². The summed E-state index contributed by atoms with van der Waals surface area (Å²) < 4.78 is 0. The zero-order valence-electron chi connectivity index (χ0n) is 13.8. The molecule has 0 aromatic heterocycles. The maximum Gasteiger partial charge on any atom is 0.264 e. The van der Waals surface area contributed by atoms with Crippen LogP contribution in [-0.2, 0) is 4.79 Å². The molecule has 2 atom stereocenters. The second kappa shape index (κ2) is 7.20. The molecule has 8 nitrogen and oxygen atoms in total. The van der Waals surface area contributed by atoms with Crippen LogP contribution < -0.4 is 16.4 Å². The van der Waals surface area contributed by atoms with Gasteiger partial charge in [-0.3, -0.25) is 19.3 Å². The van der Waals surface area contributed by atoms with Crippen molar-refractivity contribution in [1.82, 2.24) is 10.2 Å². The molecule has 2 aliphatic heterocycles. The predicted octanol–water partition coefficient (Wildman–Crippen LogP) is 0.0304. The smallest absolute Gasteiger partial charge is 0.264 e. The zero-order chi connectivity index (χ0) is 18.0. The van der Waals surface area contributed by atoms with E-state index in [-0.39, 0.29) is 6.42 Å². The summed E-state index contributed by atoms with van der Waals surface area (Å²) in [5.74, 6) is -1.45. The van der Waals surface area contributed by atoms with Crippen LogP contribution in [0.4, 0.5) is 5.69 Å². The molecule has 25 heavy (non-hydrogen) atoms. The van der Waals surface area contributed by atoms with Gasteiger partial charge in [-0.15, -0.1) is 0 Å². The monoisotopic (exact) mass is 346 g/mol. The molecule has 8 heteroatoms. The topological polar surface area (TPSA) is 125 Å². The van der Waals surface area contributed by atoms with Crippen molar-refractivity contribution in [3.05, 3.63) is 29.3 Å².